The maximum Gasteiger partial charge on any atom is 0.407 e. The van der Waals surface area contributed by atoms with Crippen molar-refractivity contribution < 1.29 is 9.53 Å². The van der Waals surface area contributed by atoms with Gasteiger partial charge in [0.15, 0.2) is 5.96 Å². The Morgan fingerprint density at radius 1 is 1.11 bits per heavy atom. The lowest BCUT2D eigenvalue weighted by atomic mass is 10.1. The number of rotatable bonds is 7. The lowest BCUT2D eigenvalue weighted by molar-refractivity contribution is 0.0529. The second-order valence-corrected chi connectivity index (χ2v) is 7.20. The van der Waals surface area contributed by atoms with Crippen LogP contribution in [0.2, 0.25) is 0 Å². The SMILES string of the molecule is CN=C(NCCNC(=O)OC(C)(C)C)NCC(c1ccccc1)N(C)C.I. The molecule has 3 N–H and O–H groups in total. The van der Waals surface area contributed by atoms with E-state index >= 15 is 0 Å². The van der Waals surface area contributed by atoms with Crippen LogP contribution in [-0.4, -0.2) is 63.3 Å². The van der Waals surface area contributed by atoms with Crippen LogP contribution < -0.4 is 16.0 Å². The summed E-state index contributed by atoms with van der Waals surface area (Å²) in [6, 6.07) is 10.6. The second kappa shape index (κ2) is 12.8. The fourth-order valence-corrected chi connectivity index (χ4v) is 2.35. The number of hydrogen-bond donors (Lipinski definition) is 3. The van der Waals surface area contributed by atoms with E-state index in [1.54, 1.807) is 7.05 Å². The van der Waals surface area contributed by atoms with Crippen molar-refractivity contribution in [3.63, 3.8) is 0 Å². The number of nitrogens with zero attached hydrogens (tertiary/aromatic N) is 2. The Bertz CT molecular complexity index is 573. The van der Waals surface area contributed by atoms with Crippen LogP contribution in [0.5, 0.6) is 0 Å². The molecular formula is C19H34IN5O2. The minimum Gasteiger partial charge on any atom is -0.444 e. The number of ether oxygens (including phenoxy) is 1. The molecule has 8 heteroatoms. The molecular weight excluding hydrogens is 457 g/mol. The third-order valence-corrected chi connectivity index (χ3v) is 3.58. The van der Waals surface area contributed by atoms with Gasteiger partial charge in [0.05, 0.1) is 6.04 Å². The largest absolute Gasteiger partial charge is 0.444 e. The van der Waals surface area contributed by atoms with Crippen LogP contribution >= 0.6 is 24.0 Å². The van der Waals surface area contributed by atoms with Crippen molar-refractivity contribution >= 4 is 36.0 Å². The van der Waals surface area contributed by atoms with Gasteiger partial charge >= 0.3 is 6.09 Å². The monoisotopic (exact) mass is 491 g/mol. The normalized spacial score (nSPS) is 12.8. The van der Waals surface area contributed by atoms with Gasteiger partial charge in [0.1, 0.15) is 5.60 Å². The molecule has 1 atom stereocenters. The predicted molar refractivity (Wildman–Crippen MR) is 122 cm³/mol. The highest BCUT2D eigenvalue weighted by atomic mass is 127. The zero-order valence-electron chi connectivity index (χ0n) is 17.2. The molecule has 0 bridgehead atoms. The van der Waals surface area contributed by atoms with E-state index in [2.05, 4.69) is 52.1 Å². The number of amides is 1. The Labute approximate surface area is 180 Å². The maximum absolute atomic E-state index is 11.6. The number of nitrogens with one attached hydrogen (secondary N) is 3. The van der Waals surface area contributed by atoms with E-state index in [4.69, 9.17) is 4.74 Å². The lowest BCUT2D eigenvalue weighted by Gasteiger charge is -2.26. The molecule has 1 unspecified atom stereocenters. The topological polar surface area (TPSA) is 78.0 Å². The lowest BCUT2D eigenvalue weighted by Crippen LogP contribution is -2.44. The highest BCUT2D eigenvalue weighted by Crippen LogP contribution is 2.16. The summed E-state index contributed by atoms with van der Waals surface area (Å²) in [5.41, 5.74) is 0.750. The number of benzene rings is 1. The Morgan fingerprint density at radius 2 is 1.70 bits per heavy atom. The molecule has 0 aliphatic heterocycles. The summed E-state index contributed by atoms with van der Waals surface area (Å²) in [4.78, 5) is 18.0. The molecule has 154 valence electrons. The summed E-state index contributed by atoms with van der Waals surface area (Å²) in [7, 11) is 5.84. The van der Waals surface area contributed by atoms with Crippen molar-refractivity contribution in [2.45, 2.75) is 32.4 Å². The van der Waals surface area contributed by atoms with Gasteiger partial charge in [-0.2, -0.15) is 0 Å². The van der Waals surface area contributed by atoms with E-state index in [0.29, 0.717) is 19.0 Å². The Balaban J connectivity index is 0.00000676. The molecule has 0 aromatic heterocycles. The molecule has 7 nitrogen and oxygen atoms in total. The van der Waals surface area contributed by atoms with E-state index in [-0.39, 0.29) is 30.0 Å². The van der Waals surface area contributed by atoms with Gasteiger partial charge in [0.2, 0.25) is 0 Å². The molecule has 0 radical (unpaired) electrons. The smallest absolute Gasteiger partial charge is 0.407 e. The highest BCUT2D eigenvalue weighted by molar-refractivity contribution is 14.0. The van der Waals surface area contributed by atoms with E-state index in [1.807, 2.05) is 39.0 Å². The number of halogens is 1. The summed E-state index contributed by atoms with van der Waals surface area (Å²) in [6.07, 6.45) is -0.418. The number of guanidine groups is 1. The van der Waals surface area contributed by atoms with Crippen molar-refractivity contribution in [2.75, 3.05) is 40.8 Å². The first kappa shape index (κ1) is 25.4. The Kier molecular flexibility index (Phi) is 12.0. The molecule has 0 saturated heterocycles. The first-order valence-electron chi connectivity index (χ1n) is 8.85. The van der Waals surface area contributed by atoms with Crippen molar-refractivity contribution in [1.82, 2.24) is 20.9 Å². The first-order valence-corrected chi connectivity index (χ1v) is 8.85. The van der Waals surface area contributed by atoms with Crippen LogP contribution in [0.15, 0.2) is 35.3 Å². The third kappa shape index (κ3) is 11.0. The molecule has 1 aromatic carbocycles. The quantitative estimate of drug-likeness (QED) is 0.237. The Morgan fingerprint density at radius 3 is 2.22 bits per heavy atom. The first-order chi connectivity index (χ1) is 12.2. The van der Waals surface area contributed by atoms with Crippen LogP contribution in [0.3, 0.4) is 0 Å². The maximum atomic E-state index is 11.6. The highest BCUT2D eigenvalue weighted by Gasteiger charge is 2.16. The van der Waals surface area contributed by atoms with Gasteiger partial charge in [-0.3, -0.25) is 4.99 Å². The van der Waals surface area contributed by atoms with E-state index in [0.717, 1.165) is 6.54 Å². The fraction of sp³-hybridized carbons (Fsp3) is 0.579. The number of aliphatic imine (C=N–C) groups is 1. The number of carbonyl (C=O) groups is 1. The van der Waals surface area contributed by atoms with Crippen molar-refractivity contribution in [3.8, 4) is 0 Å². The zero-order chi connectivity index (χ0) is 19.6. The van der Waals surface area contributed by atoms with Crippen LogP contribution in [0.4, 0.5) is 4.79 Å². The molecule has 0 saturated carbocycles. The molecule has 0 fully saturated rings. The van der Waals surface area contributed by atoms with Gasteiger partial charge in [0.25, 0.3) is 0 Å². The average molecular weight is 491 g/mol. The summed E-state index contributed by atoms with van der Waals surface area (Å²) in [5.74, 6) is 0.693. The summed E-state index contributed by atoms with van der Waals surface area (Å²) in [5, 5.41) is 9.23. The molecule has 1 aromatic rings. The van der Waals surface area contributed by atoms with Crippen molar-refractivity contribution in [3.05, 3.63) is 35.9 Å². The van der Waals surface area contributed by atoms with Gasteiger partial charge < -0.3 is 25.6 Å². The fourth-order valence-electron chi connectivity index (χ4n) is 2.35. The molecule has 0 heterocycles. The molecule has 27 heavy (non-hydrogen) atoms. The number of hydrogen-bond acceptors (Lipinski definition) is 4. The second-order valence-electron chi connectivity index (χ2n) is 7.20. The van der Waals surface area contributed by atoms with Gasteiger partial charge in [0, 0.05) is 26.7 Å². The Hall–Kier alpha value is -1.55. The van der Waals surface area contributed by atoms with Crippen LogP contribution in [-0.2, 0) is 4.74 Å². The standard InChI is InChI=1S/C19H33N5O2.HI/c1-19(2,3)26-18(25)22-13-12-21-17(20-4)23-14-16(24(5)6)15-10-8-7-9-11-15;/h7-11,16H,12-14H2,1-6H3,(H,22,25)(H2,20,21,23);1H. The van der Waals surface area contributed by atoms with E-state index < -0.39 is 11.7 Å². The van der Waals surface area contributed by atoms with Gasteiger partial charge in [-0.15, -0.1) is 24.0 Å². The van der Waals surface area contributed by atoms with E-state index in [9.17, 15) is 4.79 Å². The minimum atomic E-state index is -0.492. The van der Waals surface area contributed by atoms with Crippen LogP contribution in [0, 0.1) is 0 Å². The van der Waals surface area contributed by atoms with E-state index in [1.165, 1.54) is 5.56 Å². The molecule has 0 aliphatic rings. The average Bonchev–Trinajstić information content (AvgIpc) is 2.56. The van der Waals surface area contributed by atoms with Crippen molar-refractivity contribution in [2.24, 2.45) is 4.99 Å². The van der Waals surface area contributed by atoms with Gasteiger partial charge in [-0.1, -0.05) is 30.3 Å². The predicted octanol–water partition coefficient (Wildman–Crippen LogP) is 2.60. The summed E-state index contributed by atoms with van der Waals surface area (Å²) >= 11 is 0. The zero-order valence-corrected chi connectivity index (χ0v) is 19.5. The van der Waals surface area contributed by atoms with Gasteiger partial charge in [-0.05, 0) is 40.4 Å². The number of alkyl carbamates (subject to hydrolysis) is 1. The molecule has 0 spiro atoms. The minimum absolute atomic E-state index is 0. The third-order valence-electron chi connectivity index (χ3n) is 3.58. The van der Waals surface area contributed by atoms with Gasteiger partial charge in [-0.25, -0.2) is 4.79 Å². The summed E-state index contributed by atoms with van der Waals surface area (Å²) in [6.45, 7) is 7.23. The number of likely N-dealkylation sites (N-methyl/N-ethyl adjacent to an activating group) is 1. The van der Waals surface area contributed by atoms with Crippen LogP contribution in [0.1, 0.15) is 32.4 Å². The van der Waals surface area contributed by atoms with Crippen molar-refractivity contribution in [1.29, 1.82) is 0 Å². The molecule has 1 rings (SSSR count). The summed E-state index contributed by atoms with van der Waals surface area (Å²) < 4.78 is 5.20. The molecule has 1 amide bonds. The number of carbonyl (C=O) groups excluding carboxylic acids is 1. The molecule has 0 aliphatic carbocycles. The van der Waals surface area contributed by atoms with Crippen LogP contribution in [0.25, 0.3) is 0 Å².